The molecule has 272 valence electrons. The third-order valence-corrected chi connectivity index (χ3v) is 9.74. The lowest BCUT2D eigenvalue weighted by molar-refractivity contribution is -0.133. The number of aliphatic imine (C=N–C) groups is 1. The van der Waals surface area contributed by atoms with Gasteiger partial charge >= 0.3 is 6.03 Å². The van der Waals surface area contributed by atoms with Crippen LogP contribution in [0.3, 0.4) is 0 Å². The van der Waals surface area contributed by atoms with Gasteiger partial charge in [-0.15, -0.1) is 0 Å². The number of carbonyl (C=O) groups is 5. The van der Waals surface area contributed by atoms with Crippen molar-refractivity contribution < 1.29 is 24.0 Å². The van der Waals surface area contributed by atoms with Crippen LogP contribution in [0.2, 0.25) is 0 Å². The molecule has 48 heavy (non-hydrogen) atoms. The second kappa shape index (κ2) is 22.2. The van der Waals surface area contributed by atoms with Crippen LogP contribution in [0.25, 0.3) is 0 Å². The molecule has 0 spiro atoms. The van der Waals surface area contributed by atoms with E-state index in [1.807, 2.05) is 11.8 Å². The van der Waals surface area contributed by atoms with Crippen LogP contribution in [0.1, 0.15) is 78.1 Å². The second-order valence-corrected chi connectivity index (χ2v) is 13.7. The highest BCUT2D eigenvalue weighted by Gasteiger charge is 2.42. The molecule has 0 radical (unpaired) electrons. The third-order valence-electron chi connectivity index (χ3n) is 8.23. The maximum Gasteiger partial charge on any atom is 0.315 e. The van der Waals surface area contributed by atoms with E-state index in [1.54, 1.807) is 13.8 Å². The van der Waals surface area contributed by atoms with Crippen molar-refractivity contribution in [3.8, 4) is 0 Å². The lowest BCUT2D eigenvalue weighted by Gasteiger charge is -2.25. The minimum Gasteiger partial charge on any atom is -0.388 e. The Kier molecular flexibility index (Phi) is 18.9. The second-order valence-electron chi connectivity index (χ2n) is 12.4. The number of unbranched alkanes of at least 4 members (excludes halogenated alkanes) is 2. The van der Waals surface area contributed by atoms with Gasteiger partial charge < -0.3 is 54.1 Å². The highest BCUT2D eigenvalue weighted by Crippen LogP contribution is 2.33. The molecule has 0 bridgehead atoms. The van der Waals surface area contributed by atoms with Crippen molar-refractivity contribution in [3.63, 3.8) is 0 Å². The van der Waals surface area contributed by atoms with Gasteiger partial charge in [-0.2, -0.15) is 11.8 Å². The Bertz CT molecular complexity index is 1120. The van der Waals surface area contributed by atoms with Crippen LogP contribution in [0, 0.1) is 5.41 Å². The lowest BCUT2D eigenvalue weighted by atomic mass is 10.0. The number of amides is 6. The largest absolute Gasteiger partial charge is 0.388 e. The Morgan fingerprint density at radius 2 is 1.62 bits per heavy atom. The van der Waals surface area contributed by atoms with E-state index in [9.17, 15) is 24.0 Å². The predicted molar refractivity (Wildman–Crippen MR) is 189 cm³/mol. The van der Waals surface area contributed by atoms with Crippen molar-refractivity contribution >= 4 is 53.0 Å². The van der Waals surface area contributed by atoms with Crippen molar-refractivity contribution in [2.24, 2.45) is 16.5 Å². The van der Waals surface area contributed by atoms with Gasteiger partial charge in [0.05, 0.1) is 17.9 Å². The van der Waals surface area contributed by atoms with Gasteiger partial charge in [0.1, 0.15) is 18.1 Å². The summed E-state index contributed by atoms with van der Waals surface area (Å²) in [7, 11) is 1.49. The molecule has 2 rings (SSSR count). The van der Waals surface area contributed by atoms with Gasteiger partial charge in [-0.05, 0) is 71.8 Å². The Hall–Kier alpha value is -3.44. The van der Waals surface area contributed by atoms with Gasteiger partial charge in [0.15, 0.2) is 0 Å². The molecule has 2 fully saturated rings. The zero-order chi connectivity index (χ0) is 35.5. The van der Waals surface area contributed by atoms with Crippen LogP contribution >= 0.6 is 11.8 Å². The average Bonchev–Trinajstić information content (AvgIpc) is 3.59. The molecule has 16 nitrogen and oxygen atoms in total. The lowest BCUT2D eigenvalue weighted by Crippen LogP contribution is -2.59. The quantitative estimate of drug-likeness (QED) is 0.0263. The fourth-order valence-corrected chi connectivity index (χ4v) is 7.12. The number of thioether (sulfide) groups is 1. The first kappa shape index (κ1) is 40.7. The van der Waals surface area contributed by atoms with Crippen molar-refractivity contribution in [2.45, 2.75) is 114 Å². The number of nitrogens with zero attached hydrogens (tertiary/aromatic N) is 1. The van der Waals surface area contributed by atoms with E-state index in [-0.39, 0.29) is 49.3 Å². The molecule has 2 aliphatic rings. The number of nitrogens with two attached hydrogens (primary N) is 2. The molecule has 6 amide bonds. The van der Waals surface area contributed by atoms with E-state index >= 15 is 0 Å². The van der Waals surface area contributed by atoms with Gasteiger partial charge in [-0.3, -0.25) is 24.2 Å². The normalized spacial score (nSPS) is 20.5. The number of likely N-dealkylation sites (N-methyl/N-ethyl adjacent to an activating group) is 1. The molecule has 2 aliphatic heterocycles. The fourth-order valence-electron chi connectivity index (χ4n) is 5.57. The molecule has 0 saturated carbocycles. The van der Waals surface area contributed by atoms with E-state index in [4.69, 9.17) is 16.9 Å². The first-order chi connectivity index (χ1) is 22.9. The monoisotopic (exact) mass is 695 g/mol. The Morgan fingerprint density at radius 1 is 0.938 bits per heavy atom. The van der Waals surface area contributed by atoms with Crippen LogP contribution in [-0.2, 0) is 19.2 Å². The van der Waals surface area contributed by atoms with E-state index in [2.05, 4.69) is 42.2 Å². The first-order valence-corrected chi connectivity index (χ1v) is 18.0. The molecule has 17 heteroatoms. The number of hydrogen-bond acceptors (Lipinski definition) is 10. The van der Waals surface area contributed by atoms with Crippen LogP contribution in [-0.4, -0.2) is 116 Å². The SMILES string of the molecule is CNC(=O)C(CCCCN)NC(=O)C(CNCCC(C)=N)NC(=O)C(CCCN=C(C)N)NC(=O)CCCC[C@@H]1SC[C@@H]2NC(=O)N[C@@H]21. The molecular formula is C31H57N11O5S. The summed E-state index contributed by atoms with van der Waals surface area (Å²) in [5.74, 6) is -0.412. The molecule has 2 heterocycles. The van der Waals surface area contributed by atoms with Gasteiger partial charge in [-0.25, -0.2) is 4.79 Å². The first-order valence-electron chi connectivity index (χ1n) is 17.0. The average molecular weight is 696 g/mol. The minimum absolute atomic E-state index is 0.0580. The topological polar surface area (TPSA) is 258 Å². The molecule has 0 aromatic rings. The van der Waals surface area contributed by atoms with Gasteiger partial charge in [0.2, 0.25) is 23.6 Å². The summed E-state index contributed by atoms with van der Waals surface area (Å²) in [5.41, 5.74) is 11.7. The maximum atomic E-state index is 13.6. The summed E-state index contributed by atoms with van der Waals surface area (Å²) in [6.07, 6.45) is 5.45. The van der Waals surface area contributed by atoms with Crippen molar-refractivity contribution in [1.29, 1.82) is 5.41 Å². The van der Waals surface area contributed by atoms with Crippen LogP contribution in [0.15, 0.2) is 4.99 Å². The van der Waals surface area contributed by atoms with Crippen LogP contribution in [0.4, 0.5) is 4.79 Å². The minimum atomic E-state index is -1.05. The maximum absolute atomic E-state index is 13.6. The summed E-state index contributed by atoms with van der Waals surface area (Å²) >= 11 is 1.82. The zero-order valence-electron chi connectivity index (χ0n) is 28.6. The van der Waals surface area contributed by atoms with Crippen LogP contribution in [0.5, 0.6) is 0 Å². The Morgan fingerprint density at radius 3 is 2.31 bits per heavy atom. The van der Waals surface area contributed by atoms with Crippen molar-refractivity contribution in [3.05, 3.63) is 0 Å². The molecule has 0 aliphatic carbocycles. The Labute approximate surface area is 288 Å². The molecule has 2 saturated heterocycles. The fraction of sp³-hybridized carbons (Fsp3) is 0.774. The summed E-state index contributed by atoms with van der Waals surface area (Å²) in [6, 6.07) is -2.65. The van der Waals surface area contributed by atoms with Gasteiger partial charge in [0, 0.05) is 49.8 Å². The number of carbonyl (C=O) groups excluding carboxylic acids is 5. The molecule has 6 atom stereocenters. The van der Waals surface area contributed by atoms with Gasteiger partial charge in [0.25, 0.3) is 0 Å². The summed E-state index contributed by atoms with van der Waals surface area (Å²) in [4.78, 5) is 68.5. The smallest absolute Gasteiger partial charge is 0.315 e. The standard InChI is InChI=1S/C31H57N11O5S/c1-19(33)13-16-36-17-23(30(46)39-21(28(44)35-3)9-6-7-14-32)40-29(45)22(10-8-15-37-20(2)34)38-26(43)12-5-4-11-25-27-24(18-48-25)41-31(47)42-27/h21-25,27,33,36H,4-18,32H2,1-3H3,(H2,34,37)(H,35,44)(H,38,43)(H,39,46)(H,40,45)(H2,41,42,47)/t21?,22?,23?,24-,25-,27-/m0/s1. The number of rotatable bonds is 24. The van der Waals surface area contributed by atoms with Crippen molar-refractivity contribution in [2.75, 3.05) is 39.0 Å². The van der Waals surface area contributed by atoms with Gasteiger partial charge in [-0.1, -0.05) is 6.42 Å². The molecular weight excluding hydrogens is 638 g/mol. The summed E-state index contributed by atoms with van der Waals surface area (Å²) in [5, 5.41) is 27.9. The predicted octanol–water partition coefficient (Wildman–Crippen LogP) is -0.782. The van der Waals surface area contributed by atoms with E-state index in [1.165, 1.54) is 7.05 Å². The number of nitrogens with one attached hydrogen (secondary N) is 8. The highest BCUT2D eigenvalue weighted by molar-refractivity contribution is 8.00. The third kappa shape index (κ3) is 15.2. The van der Waals surface area contributed by atoms with E-state index < -0.39 is 29.9 Å². The molecule has 12 N–H and O–H groups in total. The number of fused-ring (bicyclic) bond motifs is 1. The number of urea groups is 1. The van der Waals surface area contributed by atoms with Crippen molar-refractivity contribution in [1.82, 2.24) is 37.2 Å². The summed E-state index contributed by atoms with van der Waals surface area (Å²) < 4.78 is 0. The highest BCUT2D eigenvalue weighted by atomic mass is 32.2. The Balaban J connectivity index is 2.04. The number of amidine groups is 1. The van der Waals surface area contributed by atoms with Crippen LogP contribution < -0.4 is 48.7 Å². The molecule has 0 aromatic carbocycles. The van der Waals surface area contributed by atoms with E-state index in [0.717, 1.165) is 18.6 Å². The molecule has 3 unspecified atom stereocenters. The molecule has 0 aromatic heterocycles. The summed E-state index contributed by atoms with van der Waals surface area (Å²) in [6.45, 7) is 4.67. The number of hydrogen-bond donors (Lipinski definition) is 10. The zero-order valence-corrected chi connectivity index (χ0v) is 29.4. The van der Waals surface area contributed by atoms with E-state index in [0.29, 0.717) is 75.0 Å².